The van der Waals surface area contributed by atoms with Gasteiger partial charge in [-0.1, -0.05) is 6.07 Å². The minimum atomic E-state index is -3.70. The molecule has 0 aliphatic carbocycles. The van der Waals surface area contributed by atoms with Crippen molar-refractivity contribution in [1.29, 1.82) is 0 Å². The number of hydrogen-bond donors (Lipinski definition) is 1. The van der Waals surface area contributed by atoms with Crippen molar-refractivity contribution in [3.8, 4) is 5.75 Å². The van der Waals surface area contributed by atoms with E-state index in [2.05, 4.69) is 22.2 Å². The van der Waals surface area contributed by atoms with Gasteiger partial charge in [-0.15, -0.1) is 0 Å². The SMILES string of the molecule is COc1cccc(N([C@H](C)C(=O)Nc2ccc(N3CCN(C)CC3)cc2)S(C)(=O)=O)c1. The van der Waals surface area contributed by atoms with Crippen molar-refractivity contribution >= 4 is 33.0 Å². The van der Waals surface area contributed by atoms with Gasteiger partial charge >= 0.3 is 0 Å². The third kappa shape index (κ3) is 5.68. The van der Waals surface area contributed by atoms with Crippen LogP contribution in [-0.4, -0.2) is 71.9 Å². The van der Waals surface area contributed by atoms with Crippen LogP contribution in [0.2, 0.25) is 0 Å². The Labute approximate surface area is 184 Å². The van der Waals surface area contributed by atoms with E-state index in [1.165, 1.54) is 7.11 Å². The first-order chi connectivity index (χ1) is 14.7. The number of nitrogens with one attached hydrogen (secondary N) is 1. The average molecular weight is 447 g/mol. The van der Waals surface area contributed by atoms with Crippen LogP contribution in [0, 0.1) is 0 Å². The summed E-state index contributed by atoms with van der Waals surface area (Å²) < 4.78 is 31.2. The molecule has 31 heavy (non-hydrogen) atoms. The largest absolute Gasteiger partial charge is 0.497 e. The molecule has 1 N–H and O–H groups in total. The Balaban J connectivity index is 1.73. The second-order valence-corrected chi connectivity index (χ2v) is 9.62. The number of nitrogens with zero attached hydrogens (tertiary/aromatic N) is 3. The number of ether oxygens (including phenoxy) is 1. The molecule has 9 heteroatoms. The zero-order valence-corrected chi connectivity index (χ0v) is 19.2. The van der Waals surface area contributed by atoms with Crippen molar-refractivity contribution in [3.63, 3.8) is 0 Å². The predicted molar refractivity (Wildman–Crippen MR) is 125 cm³/mol. The monoisotopic (exact) mass is 446 g/mol. The van der Waals surface area contributed by atoms with Gasteiger partial charge in [0.1, 0.15) is 11.8 Å². The minimum Gasteiger partial charge on any atom is -0.497 e. The maximum atomic E-state index is 12.9. The summed E-state index contributed by atoms with van der Waals surface area (Å²) in [6.45, 7) is 5.52. The number of hydrogen-bond acceptors (Lipinski definition) is 6. The summed E-state index contributed by atoms with van der Waals surface area (Å²) in [4.78, 5) is 17.5. The van der Waals surface area contributed by atoms with Gasteiger partial charge in [-0.2, -0.15) is 0 Å². The van der Waals surface area contributed by atoms with Crippen LogP contribution in [0.5, 0.6) is 5.75 Å². The quantitative estimate of drug-likeness (QED) is 0.703. The molecular weight excluding hydrogens is 416 g/mol. The van der Waals surface area contributed by atoms with Crippen LogP contribution >= 0.6 is 0 Å². The number of anilines is 3. The number of methoxy groups -OCH3 is 1. The highest BCUT2D eigenvalue weighted by Gasteiger charge is 2.29. The van der Waals surface area contributed by atoms with E-state index in [0.717, 1.165) is 42.4 Å². The van der Waals surface area contributed by atoms with Crippen LogP contribution < -0.4 is 19.3 Å². The van der Waals surface area contributed by atoms with Gasteiger partial charge < -0.3 is 19.9 Å². The van der Waals surface area contributed by atoms with Crippen LogP contribution in [0.1, 0.15) is 6.92 Å². The summed E-state index contributed by atoms with van der Waals surface area (Å²) in [5.41, 5.74) is 2.09. The number of sulfonamides is 1. The van der Waals surface area contributed by atoms with Crippen molar-refractivity contribution in [3.05, 3.63) is 48.5 Å². The second-order valence-electron chi connectivity index (χ2n) is 7.76. The lowest BCUT2D eigenvalue weighted by atomic mass is 10.2. The molecule has 2 aromatic rings. The van der Waals surface area contributed by atoms with E-state index < -0.39 is 22.0 Å². The number of benzene rings is 2. The molecule has 1 atom stereocenters. The fraction of sp³-hybridized carbons (Fsp3) is 0.409. The van der Waals surface area contributed by atoms with Gasteiger partial charge in [0.2, 0.25) is 15.9 Å². The van der Waals surface area contributed by atoms with E-state index in [1.54, 1.807) is 31.2 Å². The van der Waals surface area contributed by atoms with E-state index in [9.17, 15) is 13.2 Å². The summed E-state index contributed by atoms with van der Waals surface area (Å²) in [6.07, 6.45) is 1.08. The van der Waals surface area contributed by atoms with Gasteiger partial charge in [-0.05, 0) is 50.4 Å². The van der Waals surface area contributed by atoms with Crippen molar-refractivity contribution in [2.24, 2.45) is 0 Å². The summed E-state index contributed by atoms with van der Waals surface area (Å²) in [7, 11) is -0.0796. The molecule has 1 fully saturated rings. The Bertz CT molecular complexity index is 1000. The molecule has 0 unspecified atom stereocenters. The lowest BCUT2D eigenvalue weighted by Gasteiger charge is -2.34. The predicted octanol–water partition coefficient (Wildman–Crippen LogP) is 2.24. The summed E-state index contributed by atoms with van der Waals surface area (Å²) in [5.74, 6) is 0.0962. The molecule has 8 nitrogen and oxygen atoms in total. The topological polar surface area (TPSA) is 82.2 Å². The standard InChI is InChI=1S/C22H30N4O4S/c1-17(26(31(4,28)29)20-6-5-7-21(16-20)30-3)22(27)23-18-8-10-19(11-9-18)25-14-12-24(2)13-15-25/h5-11,16-17H,12-15H2,1-4H3,(H,23,27)/t17-/m1/s1. The van der Waals surface area contributed by atoms with E-state index in [0.29, 0.717) is 17.1 Å². The number of carbonyl (C=O) groups excluding carboxylic acids is 1. The lowest BCUT2D eigenvalue weighted by molar-refractivity contribution is -0.116. The molecule has 0 radical (unpaired) electrons. The highest BCUT2D eigenvalue weighted by Crippen LogP contribution is 2.26. The Hall–Kier alpha value is -2.78. The van der Waals surface area contributed by atoms with Crippen LogP contribution in [-0.2, 0) is 14.8 Å². The number of rotatable bonds is 7. The third-order valence-corrected chi connectivity index (χ3v) is 6.64. The van der Waals surface area contributed by atoms with Crippen molar-refractivity contribution in [2.45, 2.75) is 13.0 Å². The Morgan fingerprint density at radius 1 is 1.10 bits per heavy atom. The Morgan fingerprint density at radius 3 is 2.32 bits per heavy atom. The molecular formula is C22H30N4O4S. The molecule has 0 aromatic heterocycles. The molecule has 168 valence electrons. The summed E-state index contributed by atoms with van der Waals surface area (Å²) >= 11 is 0. The van der Waals surface area contributed by atoms with Crippen molar-refractivity contribution in [2.75, 3.05) is 61.1 Å². The number of carbonyl (C=O) groups is 1. The van der Waals surface area contributed by atoms with Gasteiger partial charge in [-0.3, -0.25) is 9.10 Å². The van der Waals surface area contributed by atoms with Gasteiger partial charge in [-0.25, -0.2) is 8.42 Å². The molecule has 1 aliphatic rings. The average Bonchev–Trinajstić information content (AvgIpc) is 2.74. The summed E-state index contributed by atoms with van der Waals surface area (Å²) in [6, 6.07) is 13.3. The fourth-order valence-electron chi connectivity index (χ4n) is 3.62. The van der Waals surface area contributed by atoms with Crippen LogP contribution in [0.25, 0.3) is 0 Å². The zero-order valence-electron chi connectivity index (χ0n) is 18.4. The van der Waals surface area contributed by atoms with E-state index in [-0.39, 0.29) is 0 Å². The molecule has 1 aliphatic heterocycles. The maximum Gasteiger partial charge on any atom is 0.247 e. The van der Waals surface area contributed by atoms with Gasteiger partial charge in [0.25, 0.3) is 0 Å². The van der Waals surface area contributed by atoms with E-state index in [4.69, 9.17) is 4.74 Å². The first-order valence-electron chi connectivity index (χ1n) is 10.2. The van der Waals surface area contributed by atoms with Gasteiger partial charge in [0.15, 0.2) is 0 Å². The van der Waals surface area contributed by atoms with Gasteiger partial charge in [0.05, 0.1) is 19.1 Å². The highest BCUT2D eigenvalue weighted by molar-refractivity contribution is 7.92. The third-order valence-electron chi connectivity index (χ3n) is 5.40. The molecule has 3 rings (SSSR count). The molecule has 1 amide bonds. The summed E-state index contributed by atoms with van der Waals surface area (Å²) in [5, 5.41) is 2.83. The first-order valence-corrected chi connectivity index (χ1v) is 12.0. The van der Waals surface area contributed by atoms with E-state index >= 15 is 0 Å². The molecule has 0 spiro atoms. The van der Waals surface area contributed by atoms with Crippen LogP contribution in [0.3, 0.4) is 0 Å². The Morgan fingerprint density at radius 2 is 1.74 bits per heavy atom. The normalized spacial score (nSPS) is 15.9. The van der Waals surface area contributed by atoms with Crippen LogP contribution in [0.15, 0.2) is 48.5 Å². The molecule has 0 bridgehead atoms. The van der Waals surface area contributed by atoms with Crippen LogP contribution in [0.4, 0.5) is 17.1 Å². The smallest absolute Gasteiger partial charge is 0.247 e. The van der Waals surface area contributed by atoms with E-state index in [1.807, 2.05) is 24.3 Å². The fourth-order valence-corrected chi connectivity index (χ4v) is 4.79. The first kappa shape index (κ1) is 22.9. The number of likely N-dealkylation sites (N-methyl/N-ethyl adjacent to an activating group) is 1. The van der Waals surface area contributed by atoms with Crippen molar-refractivity contribution < 1.29 is 17.9 Å². The maximum absolute atomic E-state index is 12.9. The second kappa shape index (κ2) is 9.57. The van der Waals surface area contributed by atoms with Crippen molar-refractivity contribution in [1.82, 2.24) is 4.90 Å². The molecule has 2 aromatic carbocycles. The molecule has 1 saturated heterocycles. The lowest BCUT2D eigenvalue weighted by Crippen LogP contribution is -2.45. The number of amides is 1. The highest BCUT2D eigenvalue weighted by atomic mass is 32.2. The molecule has 0 saturated carbocycles. The molecule has 1 heterocycles. The zero-order chi connectivity index (χ0) is 22.6. The minimum absolute atomic E-state index is 0.370. The van der Waals surface area contributed by atoms with Gasteiger partial charge in [0, 0.05) is 43.6 Å². The number of piperazine rings is 1. The Kier molecular flexibility index (Phi) is 7.07.